The maximum atomic E-state index is 3.63. The van der Waals surface area contributed by atoms with Crippen molar-refractivity contribution in [3.05, 3.63) is 0 Å². The summed E-state index contributed by atoms with van der Waals surface area (Å²) < 4.78 is 0. The van der Waals surface area contributed by atoms with Crippen LogP contribution in [0.2, 0.25) is 0 Å². The van der Waals surface area contributed by atoms with E-state index in [0.29, 0.717) is 23.5 Å². The first-order chi connectivity index (χ1) is 7.74. The molecule has 0 rings (SSSR count). The molecule has 17 heavy (non-hydrogen) atoms. The standard InChI is InChI=1S/C15H34N2/c1-8-14(17-12(2)3)10-9-13(4)16-11-15(5,6)7/h12-14,16-17H,8-11H2,1-7H3. The molecule has 0 saturated heterocycles. The van der Waals surface area contributed by atoms with Crippen molar-refractivity contribution < 1.29 is 0 Å². The third-order valence-electron chi connectivity index (χ3n) is 2.99. The Morgan fingerprint density at radius 1 is 1.00 bits per heavy atom. The average molecular weight is 242 g/mol. The fourth-order valence-electron chi connectivity index (χ4n) is 1.91. The van der Waals surface area contributed by atoms with Crippen LogP contribution in [0.5, 0.6) is 0 Å². The van der Waals surface area contributed by atoms with Gasteiger partial charge in [0, 0.05) is 24.7 Å². The highest BCUT2D eigenvalue weighted by molar-refractivity contribution is 4.73. The van der Waals surface area contributed by atoms with Gasteiger partial charge in [-0.25, -0.2) is 0 Å². The van der Waals surface area contributed by atoms with E-state index < -0.39 is 0 Å². The molecular formula is C15H34N2. The lowest BCUT2D eigenvalue weighted by Crippen LogP contribution is -2.38. The third kappa shape index (κ3) is 10.8. The zero-order chi connectivity index (χ0) is 13.5. The largest absolute Gasteiger partial charge is 0.314 e. The van der Waals surface area contributed by atoms with Crippen LogP contribution in [0.3, 0.4) is 0 Å². The minimum Gasteiger partial charge on any atom is -0.314 e. The van der Waals surface area contributed by atoms with Gasteiger partial charge in [0.1, 0.15) is 0 Å². The molecule has 0 aliphatic heterocycles. The highest BCUT2D eigenvalue weighted by atomic mass is 14.9. The Balaban J connectivity index is 3.77. The van der Waals surface area contributed by atoms with E-state index in [-0.39, 0.29) is 0 Å². The van der Waals surface area contributed by atoms with Crippen LogP contribution in [0, 0.1) is 5.41 Å². The molecule has 104 valence electrons. The van der Waals surface area contributed by atoms with E-state index in [1.807, 2.05) is 0 Å². The summed E-state index contributed by atoms with van der Waals surface area (Å²) in [6.07, 6.45) is 3.76. The topological polar surface area (TPSA) is 24.1 Å². The molecule has 0 spiro atoms. The molecule has 0 bridgehead atoms. The Hall–Kier alpha value is -0.0800. The van der Waals surface area contributed by atoms with Gasteiger partial charge in [-0.15, -0.1) is 0 Å². The van der Waals surface area contributed by atoms with Crippen LogP contribution in [-0.2, 0) is 0 Å². The highest BCUT2D eigenvalue weighted by Crippen LogP contribution is 2.12. The first-order valence-electron chi connectivity index (χ1n) is 7.24. The van der Waals surface area contributed by atoms with Crippen LogP contribution in [0.1, 0.15) is 67.7 Å². The lowest BCUT2D eigenvalue weighted by atomic mass is 9.96. The van der Waals surface area contributed by atoms with E-state index in [0.717, 1.165) is 6.54 Å². The van der Waals surface area contributed by atoms with E-state index in [9.17, 15) is 0 Å². The molecule has 2 atom stereocenters. The van der Waals surface area contributed by atoms with E-state index in [4.69, 9.17) is 0 Å². The van der Waals surface area contributed by atoms with Gasteiger partial charge in [0.15, 0.2) is 0 Å². The van der Waals surface area contributed by atoms with E-state index in [1.165, 1.54) is 19.3 Å². The zero-order valence-corrected chi connectivity index (χ0v) is 13.1. The van der Waals surface area contributed by atoms with Crippen molar-refractivity contribution in [3.8, 4) is 0 Å². The Labute approximate surface area is 109 Å². The van der Waals surface area contributed by atoms with Gasteiger partial charge in [-0.3, -0.25) is 0 Å². The predicted molar refractivity (Wildman–Crippen MR) is 78.5 cm³/mol. The van der Waals surface area contributed by atoms with Gasteiger partial charge >= 0.3 is 0 Å². The lowest BCUT2D eigenvalue weighted by molar-refractivity contribution is 0.334. The molecule has 0 aromatic carbocycles. The molecule has 0 aliphatic rings. The van der Waals surface area contributed by atoms with Crippen LogP contribution in [0.25, 0.3) is 0 Å². The zero-order valence-electron chi connectivity index (χ0n) is 13.1. The van der Waals surface area contributed by atoms with Gasteiger partial charge in [0.05, 0.1) is 0 Å². The summed E-state index contributed by atoms with van der Waals surface area (Å²) in [5.74, 6) is 0. The Kier molecular flexibility index (Phi) is 8.06. The second-order valence-electron chi connectivity index (χ2n) is 6.85. The van der Waals surface area contributed by atoms with Crippen molar-refractivity contribution >= 4 is 0 Å². The van der Waals surface area contributed by atoms with Crippen LogP contribution < -0.4 is 10.6 Å². The lowest BCUT2D eigenvalue weighted by Gasteiger charge is -2.25. The number of nitrogens with one attached hydrogen (secondary N) is 2. The van der Waals surface area contributed by atoms with Crippen LogP contribution >= 0.6 is 0 Å². The summed E-state index contributed by atoms with van der Waals surface area (Å²) >= 11 is 0. The molecule has 0 radical (unpaired) electrons. The number of rotatable bonds is 8. The van der Waals surface area contributed by atoms with Crippen molar-refractivity contribution in [2.45, 2.75) is 85.9 Å². The van der Waals surface area contributed by atoms with E-state index in [1.54, 1.807) is 0 Å². The molecular weight excluding hydrogens is 208 g/mol. The van der Waals surface area contributed by atoms with Crippen LogP contribution in [-0.4, -0.2) is 24.7 Å². The fraction of sp³-hybridized carbons (Fsp3) is 1.00. The van der Waals surface area contributed by atoms with Gasteiger partial charge < -0.3 is 10.6 Å². The van der Waals surface area contributed by atoms with Gasteiger partial charge in [-0.05, 0) is 31.6 Å². The van der Waals surface area contributed by atoms with Gasteiger partial charge in [0.25, 0.3) is 0 Å². The molecule has 2 N–H and O–H groups in total. The molecule has 0 saturated carbocycles. The van der Waals surface area contributed by atoms with Crippen molar-refractivity contribution in [3.63, 3.8) is 0 Å². The fourth-order valence-corrected chi connectivity index (χ4v) is 1.91. The molecule has 0 fully saturated rings. The molecule has 0 aromatic heterocycles. The molecule has 2 heteroatoms. The summed E-state index contributed by atoms with van der Waals surface area (Å²) in [6.45, 7) is 17.0. The smallest absolute Gasteiger partial charge is 0.00673 e. The first kappa shape index (κ1) is 16.9. The first-order valence-corrected chi connectivity index (χ1v) is 7.24. The third-order valence-corrected chi connectivity index (χ3v) is 2.99. The van der Waals surface area contributed by atoms with Crippen LogP contribution in [0.15, 0.2) is 0 Å². The summed E-state index contributed by atoms with van der Waals surface area (Å²) in [7, 11) is 0. The maximum Gasteiger partial charge on any atom is 0.00673 e. The minimum atomic E-state index is 0.384. The van der Waals surface area contributed by atoms with Gasteiger partial charge in [-0.1, -0.05) is 41.5 Å². The van der Waals surface area contributed by atoms with E-state index in [2.05, 4.69) is 59.1 Å². The Bertz CT molecular complexity index is 182. The summed E-state index contributed by atoms with van der Waals surface area (Å²) in [6, 6.07) is 1.89. The van der Waals surface area contributed by atoms with Gasteiger partial charge in [-0.2, -0.15) is 0 Å². The Morgan fingerprint density at radius 3 is 2.00 bits per heavy atom. The Morgan fingerprint density at radius 2 is 1.59 bits per heavy atom. The van der Waals surface area contributed by atoms with Gasteiger partial charge in [0.2, 0.25) is 0 Å². The molecule has 0 amide bonds. The predicted octanol–water partition coefficient (Wildman–Crippen LogP) is 3.57. The van der Waals surface area contributed by atoms with E-state index >= 15 is 0 Å². The second-order valence-corrected chi connectivity index (χ2v) is 6.85. The molecule has 2 nitrogen and oxygen atoms in total. The summed E-state index contributed by atoms with van der Waals surface area (Å²) in [4.78, 5) is 0. The van der Waals surface area contributed by atoms with Crippen LogP contribution in [0.4, 0.5) is 0 Å². The van der Waals surface area contributed by atoms with Crippen molar-refractivity contribution in [1.29, 1.82) is 0 Å². The summed E-state index contributed by atoms with van der Waals surface area (Å²) in [5, 5.41) is 7.26. The summed E-state index contributed by atoms with van der Waals surface area (Å²) in [5.41, 5.74) is 0.384. The normalized spacial score (nSPS) is 16.2. The molecule has 0 aromatic rings. The molecule has 0 heterocycles. The number of hydrogen-bond acceptors (Lipinski definition) is 2. The quantitative estimate of drug-likeness (QED) is 0.680. The number of hydrogen-bond donors (Lipinski definition) is 2. The average Bonchev–Trinajstić information content (AvgIpc) is 2.19. The minimum absolute atomic E-state index is 0.384. The van der Waals surface area contributed by atoms with Crippen molar-refractivity contribution in [2.75, 3.05) is 6.54 Å². The van der Waals surface area contributed by atoms with Crippen molar-refractivity contribution in [1.82, 2.24) is 10.6 Å². The molecule has 2 unspecified atom stereocenters. The monoisotopic (exact) mass is 242 g/mol. The second kappa shape index (κ2) is 8.10. The maximum absolute atomic E-state index is 3.63. The SMILES string of the molecule is CCC(CCC(C)NCC(C)(C)C)NC(C)C. The molecule has 0 aliphatic carbocycles. The van der Waals surface area contributed by atoms with Crippen molar-refractivity contribution in [2.24, 2.45) is 5.41 Å². The highest BCUT2D eigenvalue weighted by Gasteiger charge is 2.13.